The van der Waals surface area contributed by atoms with Gasteiger partial charge < -0.3 is 14.8 Å². The monoisotopic (exact) mass is 211 g/mol. The summed E-state index contributed by atoms with van der Waals surface area (Å²) in [6.07, 6.45) is 1.47. The van der Waals surface area contributed by atoms with Gasteiger partial charge in [0.2, 0.25) is 5.88 Å². The molecule has 0 saturated heterocycles. The molecular formula is C10H17N3O2. The molecule has 15 heavy (non-hydrogen) atoms. The molecule has 84 valence electrons. The van der Waals surface area contributed by atoms with Crippen molar-refractivity contribution in [2.24, 2.45) is 0 Å². The quantitative estimate of drug-likeness (QED) is 0.769. The predicted octanol–water partition coefficient (Wildman–Crippen LogP) is 1.32. The summed E-state index contributed by atoms with van der Waals surface area (Å²) in [7, 11) is 1.58. The normalized spacial score (nSPS) is 12.2. The number of rotatable bonds is 6. The van der Waals surface area contributed by atoms with Crippen molar-refractivity contribution in [3.63, 3.8) is 0 Å². The minimum atomic E-state index is 0.213. The standard InChI is InChI=1S/C10H17N3O2/c1-4-15-6-8(2)13-9-5-10(14-3)12-7-11-9/h5,7-8H,4,6H2,1-3H3,(H,11,12,13). The molecule has 1 atom stereocenters. The molecule has 0 aliphatic rings. The molecule has 0 aliphatic heterocycles. The van der Waals surface area contributed by atoms with Gasteiger partial charge >= 0.3 is 0 Å². The van der Waals surface area contributed by atoms with Crippen LogP contribution in [-0.2, 0) is 4.74 Å². The zero-order valence-electron chi connectivity index (χ0n) is 9.36. The van der Waals surface area contributed by atoms with E-state index in [1.54, 1.807) is 13.2 Å². The highest BCUT2D eigenvalue weighted by molar-refractivity contribution is 5.37. The topological polar surface area (TPSA) is 56.3 Å². The summed E-state index contributed by atoms with van der Waals surface area (Å²) in [6.45, 7) is 5.38. The maximum Gasteiger partial charge on any atom is 0.218 e. The molecule has 5 nitrogen and oxygen atoms in total. The molecule has 1 aromatic heterocycles. The SMILES string of the molecule is CCOCC(C)Nc1cc(OC)ncn1. The van der Waals surface area contributed by atoms with Gasteiger partial charge in [-0.25, -0.2) is 9.97 Å². The van der Waals surface area contributed by atoms with Crippen LogP contribution in [0, 0.1) is 0 Å². The van der Waals surface area contributed by atoms with E-state index in [1.165, 1.54) is 6.33 Å². The van der Waals surface area contributed by atoms with Crippen LogP contribution >= 0.6 is 0 Å². The molecule has 0 amide bonds. The van der Waals surface area contributed by atoms with Gasteiger partial charge in [-0.1, -0.05) is 0 Å². The third-order valence-corrected chi connectivity index (χ3v) is 1.82. The van der Waals surface area contributed by atoms with Crippen LogP contribution in [0.2, 0.25) is 0 Å². The van der Waals surface area contributed by atoms with Crippen molar-refractivity contribution in [3.05, 3.63) is 12.4 Å². The van der Waals surface area contributed by atoms with Gasteiger partial charge in [0.1, 0.15) is 12.1 Å². The Kier molecular flexibility index (Phi) is 4.83. The first-order valence-corrected chi connectivity index (χ1v) is 4.96. The average Bonchev–Trinajstić information content (AvgIpc) is 2.26. The van der Waals surface area contributed by atoms with Crippen molar-refractivity contribution < 1.29 is 9.47 Å². The van der Waals surface area contributed by atoms with E-state index in [1.807, 2.05) is 13.8 Å². The fourth-order valence-electron chi connectivity index (χ4n) is 1.12. The van der Waals surface area contributed by atoms with E-state index in [-0.39, 0.29) is 6.04 Å². The molecule has 0 bridgehead atoms. The second kappa shape index (κ2) is 6.19. The first kappa shape index (κ1) is 11.7. The third kappa shape index (κ3) is 4.12. The highest BCUT2D eigenvalue weighted by atomic mass is 16.5. The Hall–Kier alpha value is -1.36. The molecule has 1 rings (SSSR count). The zero-order chi connectivity index (χ0) is 11.1. The first-order chi connectivity index (χ1) is 7.26. The van der Waals surface area contributed by atoms with E-state index < -0.39 is 0 Å². The van der Waals surface area contributed by atoms with Crippen molar-refractivity contribution in [3.8, 4) is 5.88 Å². The summed E-state index contributed by atoms with van der Waals surface area (Å²) in [5.41, 5.74) is 0. The molecule has 0 spiro atoms. The second-order valence-electron chi connectivity index (χ2n) is 3.15. The van der Waals surface area contributed by atoms with Crippen LogP contribution in [0.3, 0.4) is 0 Å². The molecular weight excluding hydrogens is 194 g/mol. The number of nitrogens with one attached hydrogen (secondary N) is 1. The highest BCUT2D eigenvalue weighted by Crippen LogP contribution is 2.10. The Labute approximate surface area is 89.8 Å². The lowest BCUT2D eigenvalue weighted by Gasteiger charge is -2.14. The van der Waals surface area contributed by atoms with Crippen molar-refractivity contribution in [2.45, 2.75) is 19.9 Å². The van der Waals surface area contributed by atoms with Gasteiger partial charge in [0, 0.05) is 18.7 Å². The lowest BCUT2D eigenvalue weighted by molar-refractivity contribution is 0.141. The van der Waals surface area contributed by atoms with Crippen molar-refractivity contribution >= 4 is 5.82 Å². The predicted molar refractivity (Wildman–Crippen MR) is 58.2 cm³/mol. The van der Waals surface area contributed by atoms with E-state index in [2.05, 4.69) is 15.3 Å². The van der Waals surface area contributed by atoms with Gasteiger partial charge in [0.25, 0.3) is 0 Å². The number of ether oxygens (including phenoxy) is 2. The fraction of sp³-hybridized carbons (Fsp3) is 0.600. The summed E-state index contributed by atoms with van der Waals surface area (Å²) in [4.78, 5) is 8.00. The minimum absolute atomic E-state index is 0.213. The van der Waals surface area contributed by atoms with Gasteiger partial charge in [0.05, 0.1) is 13.7 Å². The molecule has 1 N–H and O–H groups in total. The molecule has 1 heterocycles. The Morgan fingerprint density at radius 1 is 1.47 bits per heavy atom. The highest BCUT2D eigenvalue weighted by Gasteiger charge is 2.03. The van der Waals surface area contributed by atoms with E-state index in [0.717, 1.165) is 12.4 Å². The van der Waals surface area contributed by atoms with E-state index >= 15 is 0 Å². The minimum Gasteiger partial charge on any atom is -0.481 e. The molecule has 0 aromatic carbocycles. The third-order valence-electron chi connectivity index (χ3n) is 1.82. The Balaban J connectivity index is 2.48. The first-order valence-electron chi connectivity index (χ1n) is 4.96. The number of hydrogen-bond acceptors (Lipinski definition) is 5. The van der Waals surface area contributed by atoms with Gasteiger partial charge in [-0.15, -0.1) is 0 Å². The summed E-state index contributed by atoms with van der Waals surface area (Å²) in [5.74, 6) is 1.30. The molecule has 0 aliphatic carbocycles. The zero-order valence-corrected chi connectivity index (χ0v) is 9.36. The van der Waals surface area contributed by atoms with Gasteiger partial charge in [-0.2, -0.15) is 0 Å². The lowest BCUT2D eigenvalue weighted by atomic mass is 10.3. The van der Waals surface area contributed by atoms with Crippen LogP contribution in [0.25, 0.3) is 0 Å². The van der Waals surface area contributed by atoms with Crippen LogP contribution in [0.15, 0.2) is 12.4 Å². The molecule has 1 unspecified atom stereocenters. The van der Waals surface area contributed by atoms with Crippen molar-refractivity contribution in [2.75, 3.05) is 25.6 Å². The molecule has 0 radical (unpaired) electrons. The maximum atomic E-state index is 5.29. The Bertz CT molecular complexity index is 294. The number of hydrogen-bond donors (Lipinski definition) is 1. The molecule has 5 heteroatoms. The number of nitrogens with zero attached hydrogens (tertiary/aromatic N) is 2. The summed E-state index contributed by atoms with van der Waals surface area (Å²) in [5, 5.41) is 3.20. The smallest absolute Gasteiger partial charge is 0.218 e. The van der Waals surface area contributed by atoms with E-state index in [9.17, 15) is 0 Å². The average molecular weight is 211 g/mol. The summed E-state index contributed by atoms with van der Waals surface area (Å²) in [6, 6.07) is 1.96. The van der Waals surface area contributed by atoms with Crippen LogP contribution in [-0.4, -0.2) is 36.3 Å². The lowest BCUT2D eigenvalue weighted by Crippen LogP contribution is -2.22. The number of aromatic nitrogens is 2. The number of anilines is 1. The van der Waals surface area contributed by atoms with Gasteiger partial charge in [-0.05, 0) is 13.8 Å². The van der Waals surface area contributed by atoms with Crippen LogP contribution < -0.4 is 10.1 Å². The van der Waals surface area contributed by atoms with Gasteiger partial charge in [0.15, 0.2) is 0 Å². The van der Waals surface area contributed by atoms with Gasteiger partial charge in [-0.3, -0.25) is 0 Å². The largest absolute Gasteiger partial charge is 0.481 e. The van der Waals surface area contributed by atoms with Crippen molar-refractivity contribution in [1.82, 2.24) is 9.97 Å². The second-order valence-corrected chi connectivity index (χ2v) is 3.15. The molecule has 0 fully saturated rings. The molecule has 1 aromatic rings. The van der Waals surface area contributed by atoms with Crippen LogP contribution in [0.5, 0.6) is 5.88 Å². The van der Waals surface area contributed by atoms with E-state index in [0.29, 0.717) is 12.5 Å². The Morgan fingerprint density at radius 3 is 2.93 bits per heavy atom. The molecule has 0 saturated carbocycles. The van der Waals surface area contributed by atoms with Crippen LogP contribution in [0.4, 0.5) is 5.82 Å². The number of methoxy groups -OCH3 is 1. The van der Waals surface area contributed by atoms with Crippen molar-refractivity contribution in [1.29, 1.82) is 0 Å². The fourth-order valence-corrected chi connectivity index (χ4v) is 1.12. The Morgan fingerprint density at radius 2 is 2.27 bits per heavy atom. The summed E-state index contributed by atoms with van der Waals surface area (Å²) < 4.78 is 10.3. The van der Waals surface area contributed by atoms with E-state index in [4.69, 9.17) is 9.47 Å². The maximum absolute atomic E-state index is 5.29. The summed E-state index contributed by atoms with van der Waals surface area (Å²) >= 11 is 0. The van der Waals surface area contributed by atoms with Crippen LogP contribution in [0.1, 0.15) is 13.8 Å².